The van der Waals surface area contributed by atoms with Crippen LogP contribution in [0.4, 0.5) is 0 Å². The highest BCUT2D eigenvalue weighted by Crippen LogP contribution is 2.15. The van der Waals surface area contributed by atoms with Crippen LogP contribution in [0, 0.1) is 0 Å². The Morgan fingerprint density at radius 3 is 2.62 bits per heavy atom. The third-order valence-corrected chi connectivity index (χ3v) is 1.72. The maximum absolute atomic E-state index is 5.62. The Labute approximate surface area is 85.3 Å². The van der Waals surface area contributed by atoms with Crippen molar-refractivity contribution in [2.75, 3.05) is 12.4 Å². The number of alkyl halides is 1. The summed E-state index contributed by atoms with van der Waals surface area (Å²) >= 11 is 5.62. The van der Waals surface area contributed by atoms with Gasteiger partial charge < -0.3 is 5.32 Å². The molecule has 0 saturated carbocycles. The van der Waals surface area contributed by atoms with Gasteiger partial charge >= 0.3 is 0 Å². The molecule has 0 spiro atoms. The number of hydrogen-bond acceptors (Lipinski definition) is 3. The first kappa shape index (κ1) is 12.4. The highest BCUT2D eigenvalue weighted by Gasteiger charge is 2.15. The van der Waals surface area contributed by atoms with E-state index in [1.165, 1.54) is 0 Å². The normalized spacial score (nSPS) is 12.0. The largest absolute Gasteiger partial charge is 0.369 e. The standard InChI is InChI=1S/C9H18ClN3/c1-5-11-8(2)12-13-9(3,4)6-7-10/h11H,2,5-7H2,1,3-4H3. The van der Waals surface area contributed by atoms with Gasteiger partial charge in [-0.2, -0.15) is 5.11 Å². The van der Waals surface area contributed by atoms with E-state index in [-0.39, 0.29) is 5.54 Å². The lowest BCUT2D eigenvalue weighted by atomic mass is 10.0. The summed E-state index contributed by atoms with van der Waals surface area (Å²) in [7, 11) is 0. The van der Waals surface area contributed by atoms with Crippen molar-refractivity contribution in [3.63, 3.8) is 0 Å². The molecule has 0 radical (unpaired) electrons. The molecule has 3 nitrogen and oxygen atoms in total. The maximum Gasteiger partial charge on any atom is 0.140 e. The number of nitrogens with zero attached hydrogens (tertiary/aromatic N) is 2. The summed E-state index contributed by atoms with van der Waals surface area (Å²) in [6, 6.07) is 0. The average molecular weight is 204 g/mol. The van der Waals surface area contributed by atoms with Crippen LogP contribution in [0.1, 0.15) is 27.2 Å². The predicted molar refractivity (Wildman–Crippen MR) is 57.1 cm³/mol. The first-order valence-electron chi connectivity index (χ1n) is 4.43. The van der Waals surface area contributed by atoms with E-state index >= 15 is 0 Å². The summed E-state index contributed by atoms with van der Waals surface area (Å²) in [5, 5.41) is 11.1. The molecule has 0 aromatic carbocycles. The molecule has 0 fully saturated rings. The molecule has 0 aliphatic carbocycles. The van der Waals surface area contributed by atoms with E-state index < -0.39 is 0 Å². The van der Waals surface area contributed by atoms with E-state index in [1.54, 1.807) is 0 Å². The Bertz CT molecular complexity index is 187. The number of hydrogen-bond donors (Lipinski definition) is 1. The SMILES string of the molecule is C=C(N=NC(C)(C)CCCl)NCC. The molecule has 0 saturated heterocycles. The van der Waals surface area contributed by atoms with Gasteiger partial charge in [0.25, 0.3) is 0 Å². The van der Waals surface area contributed by atoms with Gasteiger partial charge in [0.2, 0.25) is 0 Å². The fourth-order valence-electron chi connectivity index (χ4n) is 0.716. The summed E-state index contributed by atoms with van der Waals surface area (Å²) in [4.78, 5) is 0. The smallest absolute Gasteiger partial charge is 0.140 e. The van der Waals surface area contributed by atoms with Crippen LogP contribution in [-0.2, 0) is 0 Å². The third-order valence-electron chi connectivity index (χ3n) is 1.53. The Morgan fingerprint density at radius 2 is 2.15 bits per heavy atom. The van der Waals surface area contributed by atoms with Gasteiger partial charge in [0.05, 0.1) is 5.54 Å². The minimum absolute atomic E-state index is 0.194. The number of halogens is 1. The Hall–Kier alpha value is -0.570. The predicted octanol–water partition coefficient (Wildman–Crippen LogP) is 2.93. The summed E-state index contributed by atoms with van der Waals surface area (Å²) in [5.41, 5.74) is -0.194. The van der Waals surface area contributed by atoms with Crippen molar-refractivity contribution >= 4 is 11.6 Å². The molecule has 0 atom stereocenters. The van der Waals surface area contributed by atoms with Crippen LogP contribution in [0.2, 0.25) is 0 Å². The summed E-state index contributed by atoms with van der Waals surface area (Å²) in [6.07, 6.45) is 0.817. The molecule has 13 heavy (non-hydrogen) atoms. The van der Waals surface area contributed by atoms with E-state index in [9.17, 15) is 0 Å². The van der Waals surface area contributed by atoms with Gasteiger partial charge in [0.15, 0.2) is 0 Å². The summed E-state index contributed by atoms with van der Waals surface area (Å²) < 4.78 is 0. The molecule has 0 aromatic heterocycles. The molecular formula is C9H18ClN3. The van der Waals surface area contributed by atoms with Crippen molar-refractivity contribution in [1.29, 1.82) is 0 Å². The van der Waals surface area contributed by atoms with Gasteiger partial charge in [-0.3, -0.25) is 0 Å². The van der Waals surface area contributed by atoms with Crippen molar-refractivity contribution < 1.29 is 0 Å². The van der Waals surface area contributed by atoms with Crippen LogP contribution >= 0.6 is 11.6 Å². The molecule has 0 aromatic rings. The number of rotatable bonds is 6. The van der Waals surface area contributed by atoms with Crippen molar-refractivity contribution in [1.82, 2.24) is 5.32 Å². The fourth-order valence-corrected chi connectivity index (χ4v) is 1.18. The van der Waals surface area contributed by atoms with E-state index in [0.29, 0.717) is 11.7 Å². The van der Waals surface area contributed by atoms with Gasteiger partial charge in [-0.05, 0) is 27.2 Å². The minimum atomic E-state index is -0.194. The van der Waals surface area contributed by atoms with E-state index in [1.807, 2.05) is 20.8 Å². The molecule has 0 bridgehead atoms. The van der Waals surface area contributed by atoms with Crippen LogP contribution in [-0.4, -0.2) is 18.0 Å². The zero-order chi connectivity index (χ0) is 10.3. The first-order valence-corrected chi connectivity index (χ1v) is 4.97. The highest BCUT2D eigenvalue weighted by atomic mass is 35.5. The van der Waals surface area contributed by atoms with Gasteiger partial charge in [-0.1, -0.05) is 6.58 Å². The maximum atomic E-state index is 5.62. The van der Waals surface area contributed by atoms with Gasteiger partial charge in [-0.15, -0.1) is 16.7 Å². The lowest BCUT2D eigenvalue weighted by Gasteiger charge is -2.15. The lowest BCUT2D eigenvalue weighted by molar-refractivity contribution is 0.478. The molecule has 76 valence electrons. The first-order chi connectivity index (χ1) is 6.02. The van der Waals surface area contributed by atoms with Crippen molar-refractivity contribution in [2.45, 2.75) is 32.7 Å². The Balaban J connectivity index is 4.01. The monoisotopic (exact) mass is 203 g/mol. The van der Waals surface area contributed by atoms with E-state index in [4.69, 9.17) is 11.6 Å². The molecule has 1 N–H and O–H groups in total. The Morgan fingerprint density at radius 1 is 1.54 bits per heavy atom. The average Bonchev–Trinajstić information content (AvgIpc) is 2.02. The van der Waals surface area contributed by atoms with Crippen LogP contribution in [0.3, 0.4) is 0 Å². The molecule has 4 heteroatoms. The van der Waals surface area contributed by atoms with E-state index in [2.05, 4.69) is 22.1 Å². The summed E-state index contributed by atoms with van der Waals surface area (Å²) in [6.45, 7) is 10.5. The second-order valence-electron chi connectivity index (χ2n) is 3.43. The number of azo groups is 1. The topological polar surface area (TPSA) is 36.8 Å². The number of nitrogens with one attached hydrogen (secondary N) is 1. The molecule has 0 unspecified atom stereocenters. The molecular weight excluding hydrogens is 186 g/mol. The quantitative estimate of drug-likeness (QED) is 0.523. The third kappa shape index (κ3) is 6.58. The fraction of sp³-hybridized carbons (Fsp3) is 0.778. The lowest BCUT2D eigenvalue weighted by Crippen LogP contribution is -2.17. The van der Waals surface area contributed by atoms with Crippen LogP contribution in [0.25, 0.3) is 0 Å². The molecule has 0 amide bonds. The highest BCUT2D eigenvalue weighted by molar-refractivity contribution is 6.17. The minimum Gasteiger partial charge on any atom is -0.369 e. The summed E-state index contributed by atoms with van der Waals surface area (Å²) in [5.74, 6) is 1.20. The van der Waals surface area contributed by atoms with Crippen molar-refractivity contribution in [3.8, 4) is 0 Å². The van der Waals surface area contributed by atoms with Crippen molar-refractivity contribution in [3.05, 3.63) is 12.4 Å². The van der Waals surface area contributed by atoms with Gasteiger partial charge in [-0.25, -0.2) is 0 Å². The molecule has 0 aliphatic heterocycles. The zero-order valence-electron chi connectivity index (χ0n) is 8.60. The van der Waals surface area contributed by atoms with Crippen molar-refractivity contribution in [2.24, 2.45) is 10.2 Å². The van der Waals surface area contributed by atoms with Gasteiger partial charge in [0, 0.05) is 12.4 Å². The van der Waals surface area contributed by atoms with Crippen LogP contribution < -0.4 is 5.32 Å². The second kappa shape index (κ2) is 5.97. The molecule has 0 heterocycles. The van der Waals surface area contributed by atoms with Crippen LogP contribution in [0.5, 0.6) is 0 Å². The van der Waals surface area contributed by atoms with Gasteiger partial charge in [0.1, 0.15) is 5.82 Å². The molecule has 0 rings (SSSR count). The Kier molecular flexibility index (Phi) is 5.71. The second-order valence-corrected chi connectivity index (χ2v) is 3.81. The zero-order valence-corrected chi connectivity index (χ0v) is 9.36. The molecule has 0 aliphatic rings. The van der Waals surface area contributed by atoms with E-state index in [0.717, 1.165) is 13.0 Å². The van der Waals surface area contributed by atoms with Crippen LogP contribution in [0.15, 0.2) is 22.6 Å².